The number of carbonyl (C=O) groups is 3. The van der Waals surface area contributed by atoms with Crippen LogP contribution < -0.4 is 5.32 Å². The van der Waals surface area contributed by atoms with Gasteiger partial charge in [-0.25, -0.2) is 0 Å². The molecular weight excluding hydrogens is 190 g/mol. The number of nitrogens with one attached hydrogen (secondary N) is 1. The summed E-state index contributed by atoms with van der Waals surface area (Å²) in [6.45, 7) is 0. The Morgan fingerprint density at radius 1 is 1.55 bits per heavy atom. The third kappa shape index (κ3) is 2.06. The summed E-state index contributed by atoms with van der Waals surface area (Å²) in [5.41, 5.74) is 0. The Morgan fingerprint density at radius 2 is 2.18 bits per heavy atom. The van der Waals surface area contributed by atoms with E-state index >= 15 is 0 Å². The van der Waals surface area contributed by atoms with Gasteiger partial charge in [0.2, 0.25) is 5.24 Å². The molecule has 0 aliphatic carbocycles. The number of thioether (sulfide) groups is 1. The smallest absolute Gasteiger partial charge is 0.282 e. The number of halogens is 1. The fraction of sp³-hybridized carbons (Fsp3) is 0. The lowest BCUT2D eigenvalue weighted by atomic mass is 10.5. The first kappa shape index (κ1) is 8.29. The highest BCUT2D eigenvalue weighted by atomic mass is 35.5. The van der Waals surface area contributed by atoms with Crippen LogP contribution in [0.1, 0.15) is 0 Å². The Hall–Kier alpha value is -0.810. The van der Waals surface area contributed by atoms with Crippen molar-refractivity contribution in [3.63, 3.8) is 0 Å². The van der Waals surface area contributed by atoms with Gasteiger partial charge in [0, 0.05) is 6.08 Å². The molecular formula is C5H2ClNO3S. The molecule has 0 unspecified atom stereocenters. The Morgan fingerprint density at radius 3 is 2.55 bits per heavy atom. The first-order valence-corrected chi connectivity index (χ1v) is 3.73. The van der Waals surface area contributed by atoms with Crippen LogP contribution in [-0.2, 0) is 9.59 Å². The van der Waals surface area contributed by atoms with E-state index in [0.29, 0.717) is 11.8 Å². The maximum absolute atomic E-state index is 10.7. The number of rotatable bonds is 1. The Balaban J connectivity index is 2.83. The van der Waals surface area contributed by atoms with Crippen LogP contribution in [0.3, 0.4) is 0 Å². The van der Waals surface area contributed by atoms with E-state index < -0.39 is 16.4 Å². The standard InChI is InChI=1S/C5H2ClNO3S/c6-3(8)1-2-4(9)7-5(10)11-2/h1H,(H,7,9,10)/b2-1+. The van der Waals surface area contributed by atoms with Crippen LogP contribution in [0.25, 0.3) is 0 Å². The van der Waals surface area contributed by atoms with Crippen molar-refractivity contribution in [1.29, 1.82) is 0 Å². The van der Waals surface area contributed by atoms with Crippen LogP contribution in [0.2, 0.25) is 0 Å². The van der Waals surface area contributed by atoms with Gasteiger partial charge in [0.1, 0.15) is 0 Å². The second-order valence-electron chi connectivity index (χ2n) is 1.66. The summed E-state index contributed by atoms with van der Waals surface area (Å²) in [5.74, 6) is -0.575. The molecule has 1 aliphatic heterocycles. The van der Waals surface area contributed by atoms with Crippen molar-refractivity contribution in [2.75, 3.05) is 0 Å². The van der Waals surface area contributed by atoms with Gasteiger partial charge >= 0.3 is 0 Å². The minimum Gasteiger partial charge on any atom is -0.282 e. The molecule has 0 aromatic heterocycles. The van der Waals surface area contributed by atoms with Crippen molar-refractivity contribution >= 4 is 39.8 Å². The van der Waals surface area contributed by atoms with E-state index in [-0.39, 0.29) is 4.91 Å². The zero-order valence-corrected chi connectivity index (χ0v) is 6.66. The zero-order chi connectivity index (χ0) is 8.43. The summed E-state index contributed by atoms with van der Waals surface area (Å²) in [6, 6.07) is 0. The van der Waals surface area contributed by atoms with Gasteiger partial charge in [0.05, 0.1) is 4.91 Å². The molecule has 1 rings (SSSR count). The zero-order valence-electron chi connectivity index (χ0n) is 5.09. The maximum Gasteiger partial charge on any atom is 0.290 e. The summed E-state index contributed by atoms with van der Waals surface area (Å²) in [4.78, 5) is 31.4. The van der Waals surface area contributed by atoms with E-state index in [1.54, 1.807) is 0 Å². The number of imide groups is 1. The van der Waals surface area contributed by atoms with Crippen molar-refractivity contribution in [2.45, 2.75) is 0 Å². The molecule has 0 radical (unpaired) electrons. The minimum atomic E-state index is -0.766. The third-order valence-electron chi connectivity index (χ3n) is 0.887. The Labute approximate surface area is 71.0 Å². The van der Waals surface area contributed by atoms with Crippen LogP contribution in [-0.4, -0.2) is 16.4 Å². The van der Waals surface area contributed by atoms with E-state index in [0.717, 1.165) is 6.08 Å². The van der Waals surface area contributed by atoms with Gasteiger partial charge in [-0.2, -0.15) is 0 Å². The fourth-order valence-electron chi connectivity index (χ4n) is 0.524. The maximum atomic E-state index is 10.7. The summed E-state index contributed by atoms with van der Waals surface area (Å²) >= 11 is 5.61. The molecule has 1 fully saturated rings. The summed E-state index contributed by atoms with van der Waals surface area (Å²) in [7, 11) is 0. The summed E-state index contributed by atoms with van der Waals surface area (Å²) in [5, 5.41) is 0.725. The Bertz CT molecular complexity index is 273. The monoisotopic (exact) mass is 191 g/mol. The van der Waals surface area contributed by atoms with Crippen LogP contribution >= 0.6 is 23.4 Å². The molecule has 1 heterocycles. The van der Waals surface area contributed by atoms with E-state index in [1.165, 1.54) is 0 Å². The van der Waals surface area contributed by atoms with Crippen molar-refractivity contribution in [2.24, 2.45) is 0 Å². The highest BCUT2D eigenvalue weighted by Crippen LogP contribution is 2.22. The molecule has 0 aromatic carbocycles. The predicted molar refractivity (Wildman–Crippen MR) is 40.1 cm³/mol. The van der Waals surface area contributed by atoms with Gasteiger partial charge in [-0.3, -0.25) is 19.7 Å². The molecule has 4 nitrogen and oxygen atoms in total. The predicted octanol–water partition coefficient (Wildman–Crippen LogP) is 0.619. The molecule has 58 valence electrons. The minimum absolute atomic E-state index is 0.0370. The summed E-state index contributed by atoms with van der Waals surface area (Å²) < 4.78 is 0. The number of allylic oxidation sites excluding steroid dienone is 1. The van der Waals surface area contributed by atoms with Crippen molar-refractivity contribution in [3.05, 3.63) is 11.0 Å². The molecule has 1 N–H and O–H groups in total. The first-order chi connectivity index (χ1) is 5.09. The average Bonchev–Trinajstić information content (AvgIpc) is 2.09. The van der Waals surface area contributed by atoms with Crippen molar-refractivity contribution in [1.82, 2.24) is 5.32 Å². The van der Waals surface area contributed by atoms with Gasteiger partial charge in [-0.1, -0.05) is 0 Å². The second-order valence-corrected chi connectivity index (χ2v) is 3.04. The van der Waals surface area contributed by atoms with E-state index in [4.69, 9.17) is 11.6 Å². The van der Waals surface area contributed by atoms with Gasteiger partial charge in [0.25, 0.3) is 11.1 Å². The van der Waals surface area contributed by atoms with Gasteiger partial charge in [-0.15, -0.1) is 0 Å². The van der Waals surface area contributed by atoms with Crippen molar-refractivity contribution < 1.29 is 14.4 Å². The topological polar surface area (TPSA) is 63.2 Å². The Kier molecular flexibility index (Phi) is 2.31. The molecule has 11 heavy (non-hydrogen) atoms. The number of carbonyl (C=O) groups excluding carboxylic acids is 3. The lowest BCUT2D eigenvalue weighted by Crippen LogP contribution is -2.18. The largest absolute Gasteiger partial charge is 0.290 e. The molecule has 0 atom stereocenters. The second kappa shape index (κ2) is 3.06. The normalized spacial score (nSPS) is 20.6. The van der Waals surface area contributed by atoms with E-state index in [9.17, 15) is 14.4 Å². The highest BCUT2D eigenvalue weighted by Gasteiger charge is 2.25. The molecule has 0 bridgehead atoms. The van der Waals surface area contributed by atoms with Crippen molar-refractivity contribution in [3.8, 4) is 0 Å². The lowest BCUT2D eigenvalue weighted by Gasteiger charge is -1.83. The first-order valence-electron chi connectivity index (χ1n) is 2.54. The SMILES string of the molecule is O=C(Cl)/C=C1/SC(=O)NC1=O. The molecule has 2 amide bonds. The van der Waals surface area contributed by atoms with Gasteiger partial charge in [-0.05, 0) is 23.4 Å². The fourth-order valence-corrected chi connectivity index (χ4v) is 1.35. The van der Waals surface area contributed by atoms with E-state index in [2.05, 4.69) is 0 Å². The van der Waals surface area contributed by atoms with E-state index in [1.807, 2.05) is 5.32 Å². The number of hydrogen-bond donors (Lipinski definition) is 1. The van der Waals surface area contributed by atoms with Crippen LogP contribution in [0.4, 0.5) is 4.79 Å². The van der Waals surface area contributed by atoms with Gasteiger partial charge < -0.3 is 0 Å². The van der Waals surface area contributed by atoms with Crippen LogP contribution in [0, 0.1) is 0 Å². The number of amides is 2. The van der Waals surface area contributed by atoms with Crippen LogP contribution in [0.5, 0.6) is 0 Å². The molecule has 1 aliphatic rings. The molecule has 0 saturated carbocycles. The molecule has 0 aromatic rings. The average molecular weight is 192 g/mol. The lowest BCUT2D eigenvalue weighted by molar-refractivity contribution is -0.115. The molecule has 1 saturated heterocycles. The molecule has 0 spiro atoms. The highest BCUT2D eigenvalue weighted by molar-refractivity contribution is 8.18. The van der Waals surface area contributed by atoms with Crippen LogP contribution in [0.15, 0.2) is 11.0 Å². The molecule has 6 heteroatoms. The number of hydrogen-bond acceptors (Lipinski definition) is 4. The summed E-state index contributed by atoms with van der Waals surface area (Å²) in [6.07, 6.45) is 0.909. The van der Waals surface area contributed by atoms with Gasteiger partial charge in [0.15, 0.2) is 0 Å². The quantitative estimate of drug-likeness (QED) is 0.488. The third-order valence-corrected chi connectivity index (χ3v) is 1.81.